The van der Waals surface area contributed by atoms with Gasteiger partial charge in [-0.05, 0) is 18.2 Å². The van der Waals surface area contributed by atoms with Crippen molar-refractivity contribution in [2.24, 2.45) is 0 Å². The monoisotopic (exact) mass is 343 g/mol. The molecule has 2 aromatic rings. The fraction of sp³-hybridized carbons (Fsp3) is 0.222. The number of hydrogen-bond acceptors (Lipinski definition) is 5. The number of carbonyl (C=O) groups is 1. The molecule has 0 atom stereocenters. The molecule has 1 aromatic carbocycles. The Balaban J connectivity index is 2.06. The number of pyridine rings is 1. The van der Waals surface area contributed by atoms with Crippen molar-refractivity contribution in [1.82, 2.24) is 10.3 Å². The van der Waals surface area contributed by atoms with Gasteiger partial charge in [-0.3, -0.25) is 4.79 Å². The highest BCUT2D eigenvalue weighted by molar-refractivity contribution is 5.98. The lowest BCUT2D eigenvalue weighted by Crippen LogP contribution is -2.25. The number of nitrogens with zero attached hydrogens (tertiary/aromatic N) is 1. The molecule has 0 saturated carbocycles. The first-order chi connectivity index (χ1) is 12.1. The van der Waals surface area contributed by atoms with Gasteiger partial charge in [-0.1, -0.05) is 18.1 Å². The summed E-state index contributed by atoms with van der Waals surface area (Å²) in [6.07, 6.45) is 5.09. The molecule has 0 radical (unpaired) electrons. The van der Waals surface area contributed by atoms with E-state index in [1.807, 2.05) is 0 Å². The van der Waals surface area contributed by atoms with Gasteiger partial charge in [0.2, 0.25) is 0 Å². The van der Waals surface area contributed by atoms with Crippen LogP contribution in [0.5, 0.6) is 5.75 Å². The largest absolute Gasteiger partial charge is 0.478 e. The van der Waals surface area contributed by atoms with Crippen LogP contribution in [0.25, 0.3) is 0 Å². The third-order valence-corrected chi connectivity index (χ3v) is 3.31. The van der Waals surface area contributed by atoms with Gasteiger partial charge in [-0.2, -0.15) is 0 Å². The van der Waals surface area contributed by atoms with Crippen LogP contribution in [-0.4, -0.2) is 24.6 Å². The summed E-state index contributed by atoms with van der Waals surface area (Å²) < 4.78 is 24.3. The summed E-state index contributed by atoms with van der Waals surface area (Å²) in [6.45, 7) is 0.224. The second-order valence-electron chi connectivity index (χ2n) is 5.07. The van der Waals surface area contributed by atoms with Gasteiger partial charge in [0.25, 0.3) is 5.91 Å². The molecular weight excluding hydrogens is 325 g/mol. The summed E-state index contributed by atoms with van der Waals surface area (Å²) in [5, 5.41) is 2.61. The van der Waals surface area contributed by atoms with Crippen LogP contribution in [0.2, 0.25) is 0 Å². The van der Waals surface area contributed by atoms with Gasteiger partial charge in [0.05, 0.1) is 17.9 Å². The lowest BCUT2D eigenvalue weighted by molar-refractivity contribution is 0.0951. The van der Waals surface area contributed by atoms with E-state index in [1.54, 1.807) is 24.3 Å². The van der Waals surface area contributed by atoms with E-state index in [-0.39, 0.29) is 35.8 Å². The van der Waals surface area contributed by atoms with Crippen LogP contribution in [0, 0.1) is 18.2 Å². The van der Waals surface area contributed by atoms with E-state index < -0.39 is 11.7 Å². The molecule has 0 spiro atoms. The Morgan fingerprint density at radius 2 is 2.20 bits per heavy atom. The predicted molar refractivity (Wildman–Crippen MR) is 91.3 cm³/mol. The smallest absolute Gasteiger partial charge is 0.255 e. The molecule has 0 aliphatic rings. The normalized spacial score (nSPS) is 10.1. The third kappa shape index (κ3) is 4.68. The van der Waals surface area contributed by atoms with E-state index >= 15 is 0 Å². The molecule has 130 valence electrons. The van der Waals surface area contributed by atoms with E-state index in [0.29, 0.717) is 12.3 Å². The van der Waals surface area contributed by atoms with Crippen molar-refractivity contribution in [2.75, 3.05) is 19.5 Å². The molecule has 25 heavy (non-hydrogen) atoms. The number of terminal acetylenes is 1. The van der Waals surface area contributed by atoms with Gasteiger partial charge in [-0.25, -0.2) is 9.37 Å². The first-order valence-electron chi connectivity index (χ1n) is 7.43. The standard InChI is InChI=1S/C18H18FN3O3/c1-3-9-25-15-6-4-5-12(16(15)19)10-21-18(23)14-8-7-13(11-24-2)22-17(14)20/h1,4-8H,9-11H2,2H3,(H2,20,22)(H,21,23). The zero-order valence-corrected chi connectivity index (χ0v) is 13.7. The lowest BCUT2D eigenvalue weighted by Gasteiger charge is -2.11. The van der Waals surface area contributed by atoms with Crippen molar-refractivity contribution in [2.45, 2.75) is 13.2 Å². The minimum atomic E-state index is -0.570. The number of hydrogen-bond donors (Lipinski definition) is 2. The van der Waals surface area contributed by atoms with E-state index in [2.05, 4.69) is 16.2 Å². The van der Waals surface area contributed by atoms with Crippen LogP contribution in [0.1, 0.15) is 21.6 Å². The van der Waals surface area contributed by atoms with Crippen molar-refractivity contribution < 1.29 is 18.7 Å². The Kier molecular flexibility index (Phi) is 6.32. The third-order valence-electron chi connectivity index (χ3n) is 3.31. The number of amides is 1. The van der Waals surface area contributed by atoms with Crippen molar-refractivity contribution in [1.29, 1.82) is 0 Å². The number of nitrogens with one attached hydrogen (secondary N) is 1. The van der Waals surface area contributed by atoms with Gasteiger partial charge in [0.15, 0.2) is 11.6 Å². The molecule has 0 aliphatic heterocycles. The highest BCUT2D eigenvalue weighted by Gasteiger charge is 2.14. The zero-order valence-electron chi connectivity index (χ0n) is 13.7. The van der Waals surface area contributed by atoms with Gasteiger partial charge < -0.3 is 20.5 Å². The number of ether oxygens (including phenoxy) is 2. The van der Waals surface area contributed by atoms with E-state index in [4.69, 9.17) is 21.6 Å². The number of rotatable bonds is 7. The first-order valence-corrected chi connectivity index (χ1v) is 7.43. The minimum Gasteiger partial charge on any atom is -0.478 e. The number of anilines is 1. The maximum absolute atomic E-state index is 14.3. The van der Waals surface area contributed by atoms with Crippen LogP contribution in [0.4, 0.5) is 10.2 Å². The maximum Gasteiger partial charge on any atom is 0.255 e. The molecule has 0 bridgehead atoms. The van der Waals surface area contributed by atoms with Gasteiger partial charge in [-0.15, -0.1) is 6.42 Å². The number of methoxy groups -OCH3 is 1. The van der Waals surface area contributed by atoms with Crippen LogP contribution in [-0.2, 0) is 17.9 Å². The number of aromatic nitrogens is 1. The minimum absolute atomic E-state index is 0.0306. The Hall–Kier alpha value is -3.11. The van der Waals surface area contributed by atoms with Crippen LogP contribution < -0.4 is 15.8 Å². The summed E-state index contributed by atoms with van der Waals surface area (Å²) in [7, 11) is 1.54. The van der Waals surface area contributed by atoms with Gasteiger partial charge >= 0.3 is 0 Å². The number of benzene rings is 1. The molecule has 3 N–H and O–H groups in total. The van der Waals surface area contributed by atoms with Crippen LogP contribution in [0.3, 0.4) is 0 Å². The van der Waals surface area contributed by atoms with Crippen molar-refractivity contribution in [3.8, 4) is 18.1 Å². The molecule has 2 rings (SSSR count). The molecule has 0 aliphatic carbocycles. The average molecular weight is 343 g/mol. The quantitative estimate of drug-likeness (QED) is 0.750. The average Bonchev–Trinajstić information content (AvgIpc) is 2.60. The molecule has 0 fully saturated rings. The number of carbonyl (C=O) groups excluding carboxylic acids is 1. The molecule has 7 heteroatoms. The highest BCUT2D eigenvalue weighted by atomic mass is 19.1. The van der Waals surface area contributed by atoms with E-state index in [1.165, 1.54) is 13.2 Å². The Morgan fingerprint density at radius 3 is 2.88 bits per heavy atom. The molecule has 1 heterocycles. The molecule has 1 aromatic heterocycles. The second kappa shape index (κ2) is 8.66. The lowest BCUT2D eigenvalue weighted by atomic mass is 10.1. The molecular formula is C18H18FN3O3. The Morgan fingerprint density at radius 1 is 1.40 bits per heavy atom. The summed E-state index contributed by atoms with van der Waals surface area (Å²) in [5.41, 5.74) is 6.88. The highest BCUT2D eigenvalue weighted by Crippen LogP contribution is 2.20. The first kappa shape index (κ1) is 18.2. The maximum atomic E-state index is 14.3. The molecule has 0 unspecified atom stereocenters. The van der Waals surface area contributed by atoms with E-state index in [0.717, 1.165) is 0 Å². The number of nitrogens with two attached hydrogens (primary N) is 1. The Labute approximate surface area is 145 Å². The number of halogens is 1. The van der Waals surface area contributed by atoms with Crippen LogP contribution in [0.15, 0.2) is 30.3 Å². The summed E-state index contributed by atoms with van der Waals surface area (Å²) in [5.74, 6) is 1.36. The molecule has 0 saturated heterocycles. The van der Waals surface area contributed by atoms with Gasteiger partial charge in [0.1, 0.15) is 12.4 Å². The fourth-order valence-corrected chi connectivity index (χ4v) is 2.13. The molecule has 1 amide bonds. The van der Waals surface area contributed by atoms with Crippen molar-refractivity contribution in [3.05, 3.63) is 53.0 Å². The summed E-state index contributed by atoms with van der Waals surface area (Å²) in [4.78, 5) is 16.3. The van der Waals surface area contributed by atoms with Gasteiger partial charge in [0, 0.05) is 19.2 Å². The van der Waals surface area contributed by atoms with Crippen molar-refractivity contribution >= 4 is 11.7 Å². The predicted octanol–water partition coefficient (Wildman–Crippen LogP) is 1.89. The fourth-order valence-electron chi connectivity index (χ4n) is 2.13. The molecule has 6 nitrogen and oxygen atoms in total. The summed E-state index contributed by atoms with van der Waals surface area (Å²) in [6, 6.07) is 7.82. The second-order valence-corrected chi connectivity index (χ2v) is 5.07. The van der Waals surface area contributed by atoms with Crippen LogP contribution >= 0.6 is 0 Å². The SMILES string of the molecule is C#CCOc1cccc(CNC(=O)c2ccc(COC)nc2N)c1F. The number of nitrogen functional groups attached to an aromatic ring is 1. The zero-order chi connectivity index (χ0) is 18.2. The topological polar surface area (TPSA) is 86.5 Å². The van der Waals surface area contributed by atoms with E-state index in [9.17, 15) is 9.18 Å². The summed E-state index contributed by atoms with van der Waals surface area (Å²) >= 11 is 0. The van der Waals surface area contributed by atoms with Crippen molar-refractivity contribution in [3.63, 3.8) is 0 Å². The Bertz CT molecular complexity index is 803.